The van der Waals surface area contributed by atoms with Gasteiger partial charge in [-0.3, -0.25) is 0 Å². The van der Waals surface area contributed by atoms with Crippen LogP contribution in [-0.4, -0.2) is 56.2 Å². The monoisotopic (exact) mass is 303 g/mol. The van der Waals surface area contributed by atoms with Crippen molar-refractivity contribution in [2.45, 2.75) is 19.8 Å². The number of urea groups is 1. The molecule has 0 saturated carbocycles. The minimum absolute atomic E-state index is 0.00258. The van der Waals surface area contributed by atoms with E-state index in [4.69, 9.17) is 4.74 Å². The van der Waals surface area contributed by atoms with Gasteiger partial charge in [0.25, 0.3) is 0 Å². The van der Waals surface area contributed by atoms with E-state index in [1.54, 1.807) is 7.11 Å². The Hall–Kier alpha value is -1.75. The summed E-state index contributed by atoms with van der Waals surface area (Å²) >= 11 is 0. The quantitative estimate of drug-likeness (QED) is 0.913. The molecule has 1 spiro atoms. The highest BCUT2D eigenvalue weighted by atomic mass is 16.5. The molecule has 1 atom stereocenters. The van der Waals surface area contributed by atoms with Crippen LogP contribution >= 0.6 is 0 Å². The van der Waals surface area contributed by atoms with Gasteiger partial charge in [-0.25, -0.2) is 4.79 Å². The number of amides is 2. The van der Waals surface area contributed by atoms with Crippen molar-refractivity contribution < 1.29 is 9.53 Å². The first-order valence-corrected chi connectivity index (χ1v) is 7.90. The molecule has 120 valence electrons. The average Bonchev–Trinajstić information content (AvgIpc) is 3.08. The van der Waals surface area contributed by atoms with E-state index in [0.717, 1.165) is 49.6 Å². The van der Waals surface area contributed by atoms with Crippen LogP contribution in [-0.2, 0) is 0 Å². The number of carbonyl (C=O) groups is 1. The number of benzene rings is 1. The zero-order valence-electron chi connectivity index (χ0n) is 13.7. The summed E-state index contributed by atoms with van der Waals surface area (Å²) in [6.07, 6.45) is 2.31. The summed E-state index contributed by atoms with van der Waals surface area (Å²) in [5.41, 5.74) is 2.19. The predicted octanol–water partition coefficient (Wildman–Crippen LogP) is 2.56. The highest BCUT2D eigenvalue weighted by molar-refractivity contribution is 5.90. The Morgan fingerprint density at radius 1 is 1.27 bits per heavy atom. The largest absolute Gasteiger partial charge is 0.497 e. The van der Waals surface area contributed by atoms with Crippen LogP contribution in [0.5, 0.6) is 5.75 Å². The Morgan fingerprint density at radius 2 is 2.05 bits per heavy atom. The molecule has 0 aromatic heterocycles. The summed E-state index contributed by atoms with van der Waals surface area (Å²) in [6.45, 7) is 5.96. The van der Waals surface area contributed by atoms with E-state index in [-0.39, 0.29) is 6.03 Å². The van der Waals surface area contributed by atoms with Gasteiger partial charge in [-0.1, -0.05) is 6.07 Å². The van der Waals surface area contributed by atoms with Crippen LogP contribution in [0.4, 0.5) is 10.5 Å². The van der Waals surface area contributed by atoms with Crippen molar-refractivity contribution in [1.82, 2.24) is 9.80 Å². The fourth-order valence-electron chi connectivity index (χ4n) is 3.66. The lowest BCUT2D eigenvalue weighted by atomic mass is 9.86. The number of rotatable bonds is 2. The van der Waals surface area contributed by atoms with E-state index in [1.165, 1.54) is 6.42 Å². The summed E-state index contributed by atoms with van der Waals surface area (Å²) in [5.74, 6) is 0.760. The third-order valence-corrected chi connectivity index (χ3v) is 5.04. The van der Waals surface area contributed by atoms with Crippen molar-refractivity contribution in [3.05, 3.63) is 23.8 Å². The lowest BCUT2D eigenvalue weighted by Gasteiger charge is -2.24. The number of anilines is 1. The summed E-state index contributed by atoms with van der Waals surface area (Å²) in [4.78, 5) is 16.9. The SMILES string of the molecule is COc1ccc(C)c(NC(=O)N2CC[C@]3(CCN(C)C3)C2)c1. The molecule has 22 heavy (non-hydrogen) atoms. The van der Waals surface area contributed by atoms with Crippen molar-refractivity contribution in [2.24, 2.45) is 5.41 Å². The van der Waals surface area contributed by atoms with Crippen molar-refractivity contribution in [1.29, 1.82) is 0 Å². The van der Waals surface area contributed by atoms with Crippen molar-refractivity contribution in [2.75, 3.05) is 45.7 Å². The lowest BCUT2D eigenvalue weighted by Crippen LogP contribution is -2.36. The normalized spacial score (nSPS) is 25.0. The van der Waals surface area contributed by atoms with E-state index in [1.807, 2.05) is 30.0 Å². The van der Waals surface area contributed by atoms with Crippen LogP contribution in [0, 0.1) is 12.3 Å². The first kappa shape index (κ1) is 15.2. The van der Waals surface area contributed by atoms with E-state index < -0.39 is 0 Å². The smallest absolute Gasteiger partial charge is 0.321 e. The van der Waals surface area contributed by atoms with Crippen LogP contribution in [0.1, 0.15) is 18.4 Å². The molecule has 5 nitrogen and oxygen atoms in total. The van der Waals surface area contributed by atoms with Gasteiger partial charge in [0.05, 0.1) is 7.11 Å². The molecule has 0 unspecified atom stereocenters. The van der Waals surface area contributed by atoms with Crippen LogP contribution in [0.3, 0.4) is 0 Å². The fraction of sp³-hybridized carbons (Fsp3) is 0.588. The zero-order chi connectivity index (χ0) is 15.7. The maximum absolute atomic E-state index is 12.5. The van der Waals surface area contributed by atoms with Crippen molar-refractivity contribution in [3.8, 4) is 5.75 Å². The Bertz CT molecular complexity index is 575. The van der Waals surface area contributed by atoms with Gasteiger partial charge in [-0.05, 0) is 45.0 Å². The Kier molecular flexibility index (Phi) is 4.00. The van der Waals surface area contributed by atoms with Crippen LogP contribution in [0.25, 0.3) is 0 Å². The molecule has 2 amide bonds. The molecule has 0 aliphatic carbocycles. The molecule has 1 aromatic rings. The van der Waals surface area contributed by atoms with E-state index in [0.29, 0.717) is 5.41 Å². The van der Waals surface area contributed by atoms with Gasteiger partial charge in [0.15, 0.2) is 0 Å². The summed E-state index contributed by atoms with van der Waals surface area (Å²) in [5, 5.41) is 3.04. The van der Waals surface area contributed by atoms with Gasteiger partial charge >= 0.3 is 6.03 Å². The molecule has 5 heteroatoms. The van der Waals surface area contributed by atoms with E-state index in [2.05, 4.69) is 17.3 Å². The first-order chi connectivity index (χ1) is 10.5. The van der Waals surface area contributed by atoms with E-state index >= 15 is 0 Å². The molecule has 0 radical (unpaired) electrons. The summed E-state index contributed by atoms with van der Waals surface area (Å²) in [7, 11) is 3.80. The number of hydrogen-bond acceptors (Lipinski definition) is 3. The Labute approximate surface area is 132 Å². The third-order valence-electron chi connectivity index (χ3n) is 5.04. The highest BCUT2D eigenvalue weighted by Crippen LogP contribution is 2.39. The number of nitrogens with zero attached hydrogens (tertiary/aromatic N) is 2. The molecule has 2 aliphatic rings. The third kappa shape index (κ3) is 2.90. The number of ether oxygens (including phenoxy) is 1. The standard InChI is InChI=1S/C17H25N3O2/c1-13-4-5-14(22-3)10-15(13)18-16(21)20-9-7-17(12-20)6-8-19(2)11-17/h4-5,10H,6-9,11-12H2,1-3H3,(H,18,21)/t17-/m0/s1. The minimum Gasteiger partial charge on any atom is -0.497 e. The van der Waals surface area contributed by atoms with Crippen molar-refractivity contribution in [3.63, 3.8) is 0 Å². The lowest BCUT2D eigenvalue weighted by molar-refractivity contribution is 0.212. The second-order valence-corrected chi connectivity index (χ2v) is 6.77. The van der Waals surface area contributed by atoms with Crippen molar-refractivity contribution >= 4 is 11.7 Å². The van der Waals surface area contributed by atoms with Gasteiger partial charge < -0.3 is 19.9 Å². The molecule has 2 aliphatic heterocycles. The maximum atomic E-state index is 12.5. The number of aryl methyl sites for hydroxylation is 1. The Balaban J connectivity index is 1.66. The van der Waals surface area contributed by atoms with Gasteiger partial charge in [0.2, 0.25) is 0 Å². The first-order valence-electron chi connectivity index (χ1n) is 7.90. The van der Waals surface area contributed by atoms with Gasteiger partial charge in [0.1, 0.15) is 5.75 Å². The molecule has 2 heterocycles. The molecular weight excluding hydrogens is 278 g/mol. The maximum Gasteiger partial charge on any atom is 0.321 e. The molecule has 2 saturated heterocycles. The molecule has 0 bridgehead atoms. The molecule has 1 aromatic carbocycles. The number of nitrogens with one attached hydrogen (secondary N) is 1. The second-order valence-electron chi connectivity index (χ2n) is 6.77. The fourth-order valence-corrected chi connectivity index (χ4v) is 3.66. The Morgan fingerprint density at radius 3 is 2.73 bits per heavy atom. The molecule has 1 N–H and O–H groups in total. The van der Waals surface area contributed by atoms with Gasteiger partial charge in [0, 0.05) is 36.8 Å². The topological polar surface area (TPSA) is 44.8 Å². The molecule has 2 fully saturated rings. The van der Waals surface area contributed by atoms with Crippen LogP contribution in [0.15, 0.2) is 18.2 Å². The molecular formula is C17H25N3O2. The average molecular weight is 303 g/mol. The van der Waals surface area contributed by atoms with Crippen LogP contribution in [0.2, 0.25) is 0 Å². The number of hydrogen-bond donors (Lipinski definition) is 1. The second kappa shape index (κ2) is 5.80. The predicted molar refractivity (Wildman–Crippen MR) is 87.5 cm³/mol. The number of carbonyl (C=O) groups excluding carboxylic acids is 1. The van der Waals surface area contributed by atoms with E-state index in [9.17, 15) is 4.79 Å². The minimum atomic E-state index is 0.00258. The highest BCUT2D eigenvalue weighted by Gasteiger charge is 2.43. The summed E-state index contributed by atoms with van der Waals surface area (Å²) in [6, 6.07) is 5.75. The molecule has 3 rings (SSSR count). The van der Waals surface area contributed by atoms with Gasteiger partial charge in [-0.15, -0.1) is 0 Å². The van der Waals surface area contributed by atoms with Gasteiger partial charge in [-0.2, -0.15) is 0 Å². The number of methoxy groups -OCH3 is 1. The summed E-state index contributed by atoms with van der Waals surface area (Å²) < 4.78 is 5.23. The zero-order valence-corrected chi connectivity index (χ0v) is 13.7. The number of likely N-dealkylation sites (tertiary alicyclic amines) is 2. The van der Waals surface area contributed by atoms with Crippen LogP contribution < -0.4 is 10.1 Å².